The number of hydrogen-bond donors (Lipinski definition) is 5. The van der Waals surface area contributed by atoms with Crippen molar-refractivity contribution in [1.82, 2.24) is 0 Å². The van der Waals surface area contributed by atoms with E-state index in [-0.39, 0.29) is 52.6 Å². The highest BCUT2D eigenvalue weighted by atomic mass is 16.7. The number of aliphatic hydroxyl groups is 2. The van der Waals surface area contributed by atoms with Crippen LogP contribution in [0.3, 0.4) is 0 Å². The first-order valence-electron chi connectivity index (χ1n) is 12.7. The van der Waals surface area contributed by atoms with Gasteiger partial charge in [0.1, 0.15) is 29.2 Å². The Bertz CT molecular complexity index is 1340. The fourth-order valence-corrected chi connectivity index (χ4v) is 5.94. The molecule has 0 amide bonds. The first-order valence-corrected chi connectivity index (χ1v) is 12.7. The molecule has 1 saturated heterocycles. The summed E-state index contributed by atoms with van der Waals surface area (Å²) in [7, 11) is 0. The zero-order valence-corrected chi connectivity index (χ0v) is 21.4. The summed E-state index contributed by atoms with van der Waals surface area (Å²) in [6, 6.07) is 5.69. The smallest absolute Gasteiger partial charge is 0.198 e. The van der Waals surface area contributed by atoms with Gasteiger partial charge >= 0.3 is 0 Å². The summed E-state index contributed by atoms with van der Waals surface area (Å²) in [6.45, 7) is 4.93. The molecule has 0 spiro atoms. The number of Topliss-reactive ketones (excluding diaryl/α,β-unsaturated/α-hetero) is 1. The van der Waals surface area contributed by atoms with Gasteiger partial charge in [0.05, 0.1) is 29.8 Å². The molecule has 2 aliphatic carbocycles. The van der Waals surface area contributed by atoms with E-state index in [9.17, 15) is 34.8 Å². The van der Waals surface area contributed by atoms with E-state index in [1.165, 1.54) is 12.1 Å². The highest BCUT2D eigenvalue weighted by Crippen LogP contribution is 2.52. The predicted octanol–water partition coefficient (Wildman–Crippen LogP) is 0.940. The average molecular weight is 527 g/mol. The number of carbonyl (C=O) groups excluding carboxylic acids is 3. The number of benzene rings is 2. The monoisotopic (exact) mass is 526 g/mol. The van der Waals surface area contributed by atoms with E-state index in [0.717, 1.165) is 0 Å². The lowest BCUT2D eigenvalue weighted by Crippen LogP contribution is -2.71. The molecule has 5 rings (SSSR count). The van der Waals surface area contributed by atoms with E-state index < -0.39 is 71.0 Å². The molecule has 1 aliphatic heterocycles. The molecule has 0 saturated carbocycles. The van der Waals surface area contributed by atoms with Crippen molar-refractivity contribution in [3.63, 3.8) is 0 Å². The molecule has 2 aromatic carbocycles. The Morgan fingerprint density at radius 3 is 2.24 bits per heavy atom. The minimum absolute atomic E-state index is 0.0194. The third kappa shape index (κ3) is 3.95. The Labute approximate surface area is 219 Å². The van der Waals surface area contributed by atoms with Crippen molar-refractivity contribution < 1.29 is 50.0 Å². The number of rotatable bonds is 4. The van der Waals surface area contributed by atoms with Crippen LogP contribution in [0.5, 0.6) is 11.5 Å². The third-order valence-electron chi connectivity index (χ3n) is 7.90. The Balaban J connectivity index is 1.67. The number of aromatic hydroxyl groups is 2. The third-order valence-corrected chi connectivity index (χ3v) is 7.90. The summed E-state index contributed by atoms with van der Waals surface area (Å²) in [6.07, 6.45) is -3.99. The van der Waals surface area contributed by atoms with Crippen LogP contribution in [0.1, 0.15) is 82.7 Å². The zero-order valence-electron chi connectivity index (χ0n) is 21.4. The summed E-state index contributed by atoms with van der Waals surface area (Å²) in [5.74, 6) is -3.45. The summed E-state index contributed by atoms with van der Waals surface area (Å²) < 4.78 is 12.0. The molecular weight excluding hydrogens is 494 g/mol. The van der Waals surface area contributed by atoms with Gasteiger partial charge in [0, 0.05) is 41.0 Å². The Hall–Kier alpha value is -3.15. The molecule has 202 valence electrons. The van der Waals surface area contributed by atoms with E-state index >= 15 is 0 Å². The van der Waals surface area contributed by atoms with Gasteiger partial charge in [-0.25, -0.2) is 0 Å². The van der Waals surface area contributed by atoms with Gasteiger partial charge in [-0.05, 0) is 6.92 Å². The number of ether oxygens (including phenoxy) is 2. The van der Waals surface area contributed by atoms with E-state index in [0.29, 0.717) is 0 Å². The minimum Gasteiger partial charge on any atom is -0.507 e. The molecule has 1 fully saturated rings. The molecule has 6 atom stereocenters. The SMILES string of the molecule is CC(C)C(=O)[C@]1(O)Cc2c(O)c3c(c(O)c2[C@@H](O[C@H]2C[C@H]([NH3+])[C@H](O)[C@H](C)O2)C1)C(=O)c1ccccc1C3=O. The Kier molecular flexibility index (Phi) is 6.44. The van der Waals surface area contributed by atoms with Crippen LogP contribution in [0.15, 0.2) is 24.3 Å². The normalized spacial score (nSPS) is 30.6. The Morgan fingerprint density at radius 2 is 1.68 bits per heavy atom. The zero-order chi connectivity index (χ0) is 27.7. The van der Waals surface area contributed by atoms with Gasteiger partial charge in [-0.3, -0.25) is 14.4 Å². The van der Waals surface area contributed by atoms with E-state index in [2.05, 4.69) is 5.73 Å². The average Bonchev–Trinajstić information content (AvgIpc) is 2.87. The van der Waals surface area contributed by atoms with Gasteiger partial charge in [-0.1, -0.05) is 38.1 Å². The molecule has 0 unspecified atom stereocenters. The lowest BCUT2D eigenvalue weighted by atomic mass is 9.70. The van der Waals surface area contributed by atoms with Crippen LogP contribution in [0.2, 0.25) is 0 Å². The second-order valence-corrected chi connectivity index (χ2v) is 10.9. The highest BCUT2D eigenvalue weighted by molar-refractivity contribution is 6.30. The second kappa shape index (κ2) is 9.25. The van der Waals surface area contributed by atoms with Crippen molar-refractivity contribution in [2.24, 2.45) is 5.92 Å². The van der Waals surface area contributed by atoms with Gasteiger partial charge in [0.25, 0.3) is 0 Å². The molecule has 3 aliphatic rings. The van der Waals surface area contributed by atoms with Gasteiger partial charge in [-0.15, -0.1) is 0 Å². The van der Waals surface area contributed by atoms with Crippen molar-refractivity contribution in [3.8, 4) is 11.5 Å². The molecule has 0 aromatic heterocycles. The fraction of sp³-hybridized carbons (Fsp3) is 0.464. The standard InChI is InChI=1S/C28H31NO9/c1-11(2)27(35)28(36)9-15-19(17(10-28)38-18-8-16(29)22(30)12(3)37-18)26(34)21-20(25(15)33)23(31)13-6-4-5-7-14(13)24(21)32/h4-7,11-12,16-18,22,30,33-34,36H,8-10,29H2,1-3H3/p+1/t12-,16-,17-,18-,22+,28-/m0/s1. The number of ketones is 3. The van der Waals surface area contributed by atoms with E-state index in [1.54, 1.807) is 32.9 Å². The first kappa shape index (κ1) is 26.5. The Morgan fingerprint density at radius 1 is 1.11 bits per heavy atom. The highest BCUT2D eigenvalue weighted by Gasteiger charge is 2.50. The lowest BCUT2D eigenvalue weighted by molar-refractivity contribution is -0.466. The second-order valence-electron chi connectivity index (χ2n) is 10.9. The van der Waals surface area contributed by atoms with E-state index in [1.807, 2.05) is 0 Å². The molecule has 2 aromatic rings. The predicted molar refractivity (Wildman–Crippen MR) is 132 cm³/mol. The maximum absolute atomic E-state index is 13.4. The van der Waals surface area contributed by atoms with Crippen LogP contribution in [0.4, 0.5) is 0 Å². The maximum Gasteiger partial charge on any atom is 0.198 e. The van der Waals surface area contributed by atoms with Gasteiger partial charge in [0.15, 0.2) is 23.6 Å². The summed E-state index contributed by atoms with van der Waals surface area (Å²) in [4.78, 5) is 39.9. The van der Waals surface area contributed by atoms with Gasteiger partial charge < -0.3 is 35.6 Å². The summed E-state index contributed by atoms with van der Waals surface area (Å²) in [5.41, 5.74) is 1.41. The number of aliphatic hydroxyl groups excluding tert-OH is 1. The maximum atomic E-state index is 13.4. The molecule has 0 bridgehead atoms. The van der Waals surface area contributed by atoms with Crippen molar-refractivity contribution in [3.05, 3.63) is 57.6 Å². The quantitative estimate of drug-likeness (QED) is 0.309. The number of phenolic OH excluding ortho intramolecular Hbond substituents is 2. The molecule has 38 heavy (non-hydrogen) atoms. The van der Waals surface area contributed by atoms with Gasteiger partial charge in [-0.2, -0.15) is 0 Å². The number of quaternary nitrogens is 1. The van der Waals surface area contributed by atoms with Crippen LogP contribution in [-0.2, 0) is 20.7 Å². The number of fused-ring (bicyclic) bond motifs is 3. The first-order chi connectivity index (χ1) is 17.9. The molecule has 0 radical (unpaired) electrons. The van der Waals surface area contributed by atoms with Crippen molar-refractivity contribution >= 4 is 17.3 Å². The van der Waals surface area contributed by atoms with Crippen LogP contribution in [-0.4, -0.2) is 67.9 Å². The minimum atomic E-state index is -1.98. The number of phenols is 2. The number of carbonyl (C=O) groups is 3. The summed E-state index contributed by atoms with van der Waals surface area (Å²) >= 11 is 0. The van der Waals surface area contributed by atoms with Crippen molar-refractivity contribution in [2.75, 3.05) is 0 Å². The number of hydrogen-bond acceptors (Lipinski definition) is 9. The largest absolute Gasteiger partial charge is 0.507 e. The van der Waals surface area contributed by atoms with Crippen LogP contribution < -0.4 is 5.73 Å². The topological polar surface area (TPSA) is 178 Å². The molecule has 1 heterocycles. The fourth-order valence-electron chi connectivity index (χ4n) is 5.94. The molecule has 10 heteroatoms. The lowest BCUT2D eigenvalue weighted by Gasteiger charge is -2.42. The van der Waals surface area contributed by atoms with Crippen LogP contribution in [0.25, 0.3) is 0 Å². The van der Waals surface area contributed by atoms with E-state index in [4.69, 9.17) is 9.47 Å². The van der Waals surface area contributed by atoms with Crippen molar-refractivity contribution in [1.29, 1.82) is 0 Å². The van der Waals surface area contributed by atoms with Crippen LogP contribution >= 0.6 is 0 Å². The summed E-state index contributed by atoms with van der Waals surface area (Å²) in [5, 5.41) is 44.6. The van der Waals surface area contributed by atoms with Crippen molar-refractivity contribution in [2.45, 2.75) is 76.3 Å². The molecule has 10 nitrogen and oxygen atoms in total. The molecule has 7 N–H and O–H groups in total. The van der Waals surface area contributed by atoms with Gasteiger partial charge in [0.2, 0.25) is 0 Å². The molecular formula is C28H32NO9+. The van der Waals surface area contributed by atoms with Crippen LogP contribution in [0, 0.1) is 5.92 Å².